The normalized spacial score (nSPS) is 17.3. The van der Waals surface area contributed by atoms with Crippen molar-refractivity contribution >= 4 is 17.7 Å². The number of cyclic esters (lactones) is 1. The lowest BCUT2D eigenvalue weighted by Crippen LogP contribution is -2.23. The van der Waals surface area contributed by atoms with E-state index in [1.165, 1.54) is 0 Å². The van der Waals surface area contributed by atoms with Crippen molar-refractivity contribution in [3.05, 3.63) is 11.8 Å². The summed E-state index contributed by atoms with van der Waals surface area (Å²) in [7, 11) is 0. The maximum Gasteiger partial charge on any atom is 0.380 e. The van der Waals surface area contributed by atoms with E-state index < -0.39 is 23.5 Å². The lowest BCUT2D eigenvalue weighted by atomic mass is 10.2. The van der Waals surface area contributed by atoms with Gasteiger partial charge in [0.25, 0.3) is 0 Å². The van der Waals surface area contributed by atoms with Crippen LogP contribution in [0.5, 0.6) is 0 Å². The molecule has 5 heteroatoms. The zero-order valence-electron chi connectivity index (χ0n) is 5.36. The first-order valence-corrected chi connectivity index (χ1v) is 2.79. The van der Waals surface area contributed by atoms with Crippen molar-refractivity contribution in [3.63, 3.8) is 0 Å². The summed E-state index contributed by atoms with van der Waals surface area (Å²) >= 11 is 0. The number of Topliss-reactive ketones (excluding diaryl/α,β-unsaturated/α-hetero) is 1. The van der Waals surface area contributed by atoms with Gasteiger partial charge in [0.2, 0.25) is 11.5 Å². The van der Waals surface area contributed by atoms with Crippen LogP contribution in [0.4, 0.5) is 0 Å². The molecule has 0 atom stereocenters. The highest BCUT2D eigenvalue weighted by Crippen LogP contribution is 2.08. The number of carbonyl (C=O) groups is 3. The van der Waals surface area contributed by atoms with Crippen LogP contribution >= 0.6 is 0 Å². The lowest BCUT2D eigenvalue weighted by Gasteiger charge is -2.06. The molecule has 0 saturated heterocycles. The number of carboxylic acids is 1. The number of esters is 1. The van der Waals surface area contributed by atoms with Crippen molar-refractivity contribution in [3.8, 4) is 0 Å². The van der Waals surface area contributed by atoms with Crippen LogP contribution in [0.1, 0.15) is 6.42 Å². The van der Waals surface area contributed by atoms with E-state index in [0.717, 1.165) is 6.08 Å². The van der Waals surface area contributed by atoms with Crippen molar-refractivity contribution in [2.24, 2.45) is 0 Å². The van der Waals surface area contributed by atoms with Crippen LogP contribution in [0.15, 0.2) is 11.8 Å². The monoisotopic (exact) mass is 156 g/mol. The molecule has 0 amide bonds. The molecule has 0 unspecified atom stereocenters. The molecule has 0 fully saturated rings. The van der Waals surface area contributed by atoms with Crippen LogP contribution < -0.4 is 0 Å². The summed E-state index contributed by atoms with van der Waals surface area (Å²) in [5.41, 5.74) is 0. The number of carbonyl (C=O) groups excluding carboxylic acids is 2. The molecule has 1 aliphatic heterocycles. The van der Waals surface area contributed by atoms with E-state index >= 15 is 0 Å². The standard InChI is InChI=1S/C6H4O5/c7-3-1-2-4(5(8)9)11-6(3)10/h2H,1H2,(H,8,9). The Morgan fingerprint density at radius 2 is 2.18 bits per heavy atom. The summed E-state index contributed by atoms with van der Waals surface area (Å²) < 4.78 is 4.13. The van der Waals surface area contributed by atoms with Gasteiger partial charge in [-0.3, -0.25) is 4.79 Å². The number of hydrogen-bond acceptors (Lipinski definition) is 4. The third kappa shape index (κ3) is 1.43. The first-order chi connectivity index (χ1) is 5.11. The largest absolute Gasteiger partial charge is 0.475 e. The first-order valence-electron chi connectivity index (χ1n) is 2.79. The Morgan fingerprint density at radius 3 is 2.64 bits per heavy atom. The SMILES string of the molecule is O=C(O)C1=CCC(=O)C(=O)O1. The Hall–Kier alpha value is -1.65. The zero-order valence-corrected chi connectivity index (χ0v) is 5.36. The van der Waals surface area contributed by atoms with Gasteiger partial charge in [0.1, 0.15) is 0 Å². The van der Waals surface area contributed by atoms with Crippen LogP contribution in [-0.2, 0) is 19.1 Å². The van der Waals surface area contributed by atoms with Gasteiger partial charge in [-0.15, -0.1) is 0 Å². The summed E-state index contributed by atoms with van der Waals surface area (Å²) in [6.07, 6.45) is 0.868. The molecular formula is C6H4O5. The van der Waals surface area contributed by atoms with Crippen molar-refractivity contribution in [1.82, 2.24) is 0 Å². The lowest BCUT2D eigenvalue weighted by molar-refractivity contribution is -0.155. The quantitative estimate of drug-likeness (QED) is 0.407. The van der Waals surface area contributed by atoms with E-state index in [1.54, 1.807) is 0 Å². The van der Waals surface area contributed by atoms with Crippen LogP contribution in [-0.4, -0.2) is 22.8 Å². The Bertz CT molecular complexity index is 262. The van der Waals surface area contributed by atoms with Crippen molar-refractivity contribution < 1.29 is 24.2 Å². The topological polar surface area (TPSA) is 80.7 Å². The maximum absolute atomic E-state index is 10.5. The molecule has 5 nitrogen and oxygen atoms in total. The number of ketones is 1. The molecule has 0 bridgehead atoms. The average Bonchev–Trinajstić information content (AvgIpc) is 1.94. The third-order valence-electron chi connectivity index (χ3n) is 1.11. The minimum absolute atomic E-state index is 0.194. The smallest absolute Gasteiger partial charge is 0.380 e. The zero-order chi connectivity index (χ0) is 8.43. The van der Waals surface area contributed by atoms with E-state index in [0.29, 0.717) is 0 Å². The van der Waals surface area contributed by atoms with Crippen LogP contribution in [0.25, 0.3) is 0 Å². The molecule has 1 heterocycles. The van der Waals surface area contributed by atoms with Gasteiger partial charge in [0.05, 0.1) is 0 Å². The Kier molecular flexibility index (Phi) is 1.72. The summed E-state index contributed by atoms with van der Waals surface area (Å²) in [6.45, 7) is 0. The highest BCUT2D eigenvalue weighted by molar-refractivity contribution is 6.35. The summed E-state index contributed by atoms with van der Waals surface area (Å²) in [6, 6.07) is 0. The van der Waals surface area contributed by atoms with Gasteiger partial charge in [0, 0.05) is 6.42 Å². The summed E-state index contributed by atoms with van der Waals surface area (Å²) in [5, 5.41) is 8.29. The van der Waals surface area contributed by atoms with E-state index in [9.17, 15) is 14.4 Å². The molecule has 0 radical (unpaired) electrons. The molecule has 1 aliphatic rings. The van der Waals surface area contributed by atoms with Gasteiger partial charge in [0.15, 0.2) is 0 Å². The fourth-order valence-corrected chi connectivity index (χ4v) is 0.598. The second-order valence-electron chi connectivity index (χ2n) is 1.89. The van der Waals surface area contributed by atoms with Gasteiger partial charge in [-0.25, -0.2) is 9.59 Å². The van der Waals surface area contributed by atoms with E-state index in [4.69, 9.17) is 5.11 Å². The molecule has 0 aromatic heterocycles. The number of ether oxygens (including phenoxy) is 1. The first kappa shape index (κ1) is 7.46. The molecule has 1 N–H and O–H groups in total. The number of aliphatic carboxylic acids is 1. The number of rotatable bonds is 1. The number of hydrogen-bond donors (Lipinski definition) is 1. The molecule has 0 aromatic rings. The average molecular weight is 156 g/mol. The molecule has 1 rings (SSSR count). The second-order valence-corrected chi connectivity index (χ2v) is 1.89. The van der Waals surface area contributed by atoms with E-state index in [2.05, 4.69) is 4.74 Å². The van der Waals surface area contributed by atoms with Gasteiger partial charge < -0.3 is 9.84 Å². The predicted molar refractivity (Wildman–Crippen MR) is 31.4 cm³/mol. The van der Waals surface area contributed by atoms with Crippen molar-refractivity contribution in [2.75, 3.05) is 0 Å². The summed E-state index contributed by atoms with van der Waals surface area (Å²) in [5.74, 6) is -3.65. The molecule has 58 valence electrons. The Labute approximate surface area is 61.3 Å². The second kappa shape index (κ2) is 2.53. The fourth-order valence-electron chi connectivity index (χ4n) is 0.598. The van der Waals surface area contributed by atoms with Crippen LogP contribution in [0, 0.1) is 0 Å². The minimum atomic E-state index is -1.34. The molecule has 0 aromatic carbocycles. The Morgan fingerprint density at radius 1 is 1.55 bits per heavy atom. The van der Waals surface area contributed by atoms with Gasteiger partial charge in [-0.1, -0.05) is 0 Å². The van der Waals surface area contributed by atoms with E-state index in [1.807, 2.05) is 0 Å². The van der Waals surface area contributed by atoms with Gasteiger partial charge in [-0.05, 0) is 6.08 Å². The highest BCUT2D eigenvalue weighted by atomic mass is 16.6. The molecule has 0 spiro atoms. The van der Waals surface area contributed by atoms with Crippen molar-refractivity contribution in [1.29, 1.82) is 0 Å². The van der Waals surface area contributed by atoms with Crippen molar-refractivity contribution in [2.45, 2.75) is 6.42 Å². The molecule has 0 saturated carbocycles. The molecule has 11 heavy (non-hydrogen) atoms. The van der Waals surface area contributed by atoms with Crippen LogP contribution in [0.3, 0.4) is 0 Å². The molecule has 0 aliphatic carbocycles. The van der Waals surface area contributed by atoms with Gasteiger partial charge >= 0.3 is 11.9 Å². The minimum Gasteiger partial charge on any atom is -0.475 e. The highest BCUT2D eigenvalue weighted by Gasteiger charge is 2.25. The number of allylic oxidation sites excluding steroid dienone is 1. The predicted octanol–water partition coefficient (Wildman–Crippen LogP) is -0.529. The third-order valence-corrected chi connectivity index (χ3v) is 1.11. The molecular weight excluding hydrogens is 152 g/mol. The van der Waals surface area contributed by atoms with Crippen LogP contribution in [0.2, 0.25) is 0 Å². The summed E-state index contributed by atoms with van der Waals surface area (Å²) in [4.78, 5) is 31.0. The maximum atomic E-state index is 10.5. The van der Waals surface area contributed by atoms with E-state index in [-0.39, 0.29) is 6.42 Å². The fraction of sp³-hybridized carbons (Fsp3) is 0.167. The van der Waals surface area contributed by atoms with Gasteiger partial charge in [-0.2, -0.15) is 0 Å². The number of carboxylic acid groups (broad SMARTS) is 1. The Balaban J connectivity index is 2.82.